The Bertz CT molecular complexity index is 1070. The molecule has 6 heteroatoms. The lowest BCUT2D eigenvalue weighted by Crippen LogP contribution is -2.15. The molecule has 3 rings (SSSR count). The molecule has 156 valence electrons. The second kappa shape index (κ2) is 9.92. The zero-order valence-corrected chi connectivity index (χ0v) is 18.8. The lowest BCUT2D eigenvalue weighted by Gasteiger charge is -2.10. The molecular weight excluding hydrogens is 418 g/mol. The van der Waals surface area contributed by atoms with Crippen LogP contribution in [0.25, 0.3) is 11.1 Å². The molecule has 1 N–H and O–H groups in total. The van der Waals surface area contributed by atoms with Crippen LogP contribution >= 0.6 is 22.9 Å². The first-order chi connectivity index (χ1) is 14.4. The average molecular weight is 442 g/mol. The van der Waals surface area contributed by atoms with Crippen molar-refractivity contribution in [1.29, 1.82) is 0 Å². The van der Waals surface area contributed by atoms with Crippen molar-refractivity contribution in [3.8, 4) is 11.1 Å². The maximum Gasteiger partial charge on any atom is 0.341 e. The molecule has 3 aromatic rings. The van der Waals surface area contributed by atoms with E-state index in [9.17, 15) is 9.59 Å². The molecule has 0 bridgehead atoms. The number of esters is 1. The zero-order valence-electron chi connectivity index (χ0n) is 17.3. The molecule has 1 aromatic heterocycles. The minimum atomic E-state index is -0.433. The number of anilines is 1. The Balaban J connectivity index is 1.83. The minimum Gasteiger partial charge on any atom is -0.462 e. The molecule has 0 aliphatic carbocycles. The summed E-state index contributed by atoms with van der Waals surface area (Å²) in [6.07, 6.45) is 0.857. The van der Waals surface area contributed by atoms with Crippen molar-refractivity contribution in [2.45, 2.75) is 33.6 Å². The summed E-state index contributed by atoms with van der Waals surface area (Å²) in [6.45, 7) is 6.12. The van der Waals surface area contributed by atoms with Gasteiger partial charge < -0.3 is 10.1 Å². The van der Waals surface area contributed by atoms with E-state index in [0.717, 1.165) is 22.3 Å². The Kier molecular flexibility index (Phi) is 7.29. The Morgan fingerprint density at radius 1 is 1.10 bits per heavy atom. The van der Waals surface area contributed by atoms with Crippen LogP contribution in [0.15, 0.2) is 47.8 Å². The summed E-state index contributed by atoms with van der Waals surface area (Å²) in [6, 6.07) is 13.5. The molecule has 0 aliphatic rings. The van der Waals surface area contributed by atoms with Crippen LogP contribution in [0, 0.1) is 13.8 Å². The number of hydrogen-bond acceptors (Lipinski definition) is 4. The highest BCUT2D eigenvalue weighted by molar-refractivity contribution is 7.15. The van der Waals surface area contributed by atoms with Crippen LogP contribution in [0.2, 0.25) is 5.02 Å². The quantitative estimate of drug-likeness (QED) is 0.429. The van der Waals surface area contributed by atoms with Gasteiger partial charge in [0, 0.05) is 22.4 Å². The number of thiophene rings is 1. The number of nitrogens with one attached hydrogen (secondary N) is 1. The zero-order chi connectivity index (χ0) is 21.7. The standard InChI is InChI=1S/C24H24ClNO3S/c1-4-29-24(28)22-20(18-10-8-15(2)16(3)12-18)14-30-23(22)26-21(27)11-9-17-6-5-7-19(25)13-17/h5-8,10,12-14H,4,9,11H2,1-3H3,(H,26,27). The van der Waals surface area contributed by atoms with Gasteiger partial charge in [0.15, 0.2) is 0 Å². The number of benzene rings is 2. The molecule has 0 radical (unpaired) electrons. The van der Waals surface area contributed by atoms with Crippen LogP contribution in [0.3, 0.4) is 0 Å². The smallest absolute Gasteiger partial charge is 0.341 e. The monoisotopic (exact) mass is 441 g/mol. The Morgan fingerprint density at radius 2 is 1.90 bits per heavy atom. The molecule has 1 amide bonds. The van der Waals surface area contributed by atoms with E-state index >= 15 is 0 Å². The Morgan fingerprint density at radius 3 is 2.60 bits per heavy atom. The van der Waals surface area contributed by atoms with Crippen molar-refractivity contribution in [2.75, 3.05) is 11.9 Å². The predicted octanol–water partition coefficient (Wildman–Crippen LogP) is 6.43. The van der Waals surface area contributed by atoms with Crippen LogP contribution in [0.4, 0.5) is 5.00 Å². The predicted molar refractivity (Wildman–Crippen MR) is 124 cm³/mol. The first kappa shape index (κ1) is 22.1. The van der Waals surface area contributed by atoms with Gasteiger partial charge in [0.05, 0.1) is 6.61 Å². The van der Waals surface area contributed by atoms with E-state index in [1.54, 1.807) is 13.0 Å². The van der Waals surface area contributed by atoms with Crippen molar-refractivity contribution in [3.05, 3.63) is 75.1 Å². The van der Waals surface area contributed by atoms with Gasteiger partial charge in [0.25, 0.3) is 0 Å². The third kappa shape index (κ3) is 5.29. The molecule has 0 unspecified atom stereocenters. The summed E-state index contributed by atoms with van der Waals surface area (Å²) in [4.78, 5) is 25.2. The second-order valence-corrected chi connectivity index (χ2v) is 8.37. The van der Waals surface area contributed by atoms with Crippen molar-refractivity contribution in [3.63, 3.8) is 0 Å². The summed E-state index contributed by atoms with van der Waals surface area (Å²) < 4.78 is 5.27. The normalized spacial score (nSPS) is 10.7. The largest absolute Gasteiger partial charge is 0.462 e. The van der Waals surface area contributed by atoms with Gasteiger partial charge >= 0.3 is 5.97 Å². The van der Waals surface area contributed by atoms with Gasteiger partial charge in [0.2, 0.25) is 5.91 Å². The number of hydrogen-bond donors (Lipinski definition) is 1. The molecule has 0 spiro atoms. The number of halogens is 1. The van der Waals surface area contributed by atoms with E-state index in [-0.39, 0.29) is 12.5 Å². The average Bonchev–Trinajstić information content (AvgIpc) is 3.12. The molecular formula is C24H24ClNO3S. The van der Waals surface area contributed by atoms with Crippen LogP contribution in [-0.4, -0.2) is 18.5 Å². The summed E-state index contributed by atoms with van der Waals surface area (Å²) in [5.74, 6) is -0.592. The topological polar surface area (TPSA) is 55.4 Å². The first-order valence-electron chi connectivity index (χ1n) is 9.79. The molecule has 0 saturated heterocycles. The van der Waals surface area contributed by atoms with Crippen molar-refractivity contribution in [1.82, 2.24) is 0 Å². The van der Waals surface area contributed by atoms with Gasteiger partial charge in [-0.05, 0) is 61.6 Å². The Labute approximate surface area is 185 Å². The first-order valence-corrected chi connectivity index (χ1v) is 11.0. The van der Waals surface area contributed by atoms with Crippen molar-refractivity contribution >= 4 is 39.8 Å². The molecule has 2 aromatic carbocycles. The number of carbonyl (C=O) groups excluding carboxylic acids is 2. The van der Waals surface area contributed by atoms with Crippen molar-refractivity contribution < 1.29 is 14.3 Å². The van der Waals surface area contributed by atoms with Crippen LogP contribution in [0.5, 0.6) is 0 Å². The van der Waals surface area contributed by atoms with Crippen LogP contribution < -0.4 is 5.32 Å². The van der Waals surface area contributed by atoms with Crippen molar-refractivity contribution in [2.24, 2.45) is 0 Å². The lowest BCUT2D eigenvalue weighted by molar-refractivity contribution is -0.116. The van der Waals surface area contributed by atoms with Gasteiger partial charge in [-0.3, -0.25) is 4.79 Å². The number of carbonyl (C=O) groups is 2. The van der Waals surface area contributed by atoms with Gasteiger partial charge in [-0.15, -0.1) is 11.3 Å². The number of amides is 1. The summed E-state index contributed by atoms with van der Waals surface area (Å²) in [7, 11) is 0. The molecule has 0 aliphatic heterocycles. The highest BCUT2D eigenvalue weighted by Crippen LogP contribution is 2.37. The fourth-order valence-electron chi connectivity index (χ4n) is 3.12. The third-order valence-electron chi connectivity index (χ3n) is 4.87. The third-order valence-corrected chi connectivity index (χ3v) is 6.00. The maximum absolute atomic E-state index is 12.7. The highest BCUT2D eigenvalue weighted by Gasteiger charge is 2.23. The number of aryl methyl sites for hydroxylation is 3. The van der Waals surface area contributed by atoms with Gasteiger partial charge in [-0.2, -0.15) is 0 Å². The summed E-state index contributed by atoms with van der Waals surface area (Å²) in [5, 5.41) is 5.95. The van der Waals surface area contributed by atoms with Crippen LogP contribution in [0.1, 0.15) is 40.4 Å². The molecule has 1 heterocycles. The van der Waals surface area contributed by atoms with E-state index in [2.05, 4.69) is 5.32 Å². The lowest BCUT2D eigenvalue weighted by atomic mass is 9.99. The highest BCUT2D eigenvalue weighted by atomic mass is 35.5. The van der Waals surface area contributed by atoms with E-state index in [4.69, 9.17) is 16.3 Å². The van der Waals surface area contributed by atoms with Crippen LogP contribution in [-0.2, 0) is 16.0 Å². The van der Waals surface area contributed by atoms with E-state index < -0.39 is 5.97 Å². The summed E-state index contributed by atoms with van der Waals surface area (Å²) in [5.41, 5.74) is 5.41. The van der Waals surface area contributed by atoms with E-state index in [1.807, 2.05) is 55.6 Å². The van der Waals surface area contributed by atoms with Gasteiger partial charge in [0.1, 0.15) is 10.6 Å². The van der Waals surface area contributed by atoms with E-state index in [1.165, 1.54) is 16.9 Å². The minimum absolute atomic E-state index is 0.158. The number of ether oxygens (including phenoxy) is 1. The number of rotatable bonds is 7. The second-order valence-electron chi connectivity index (χ2n) is 7.05. The SMILES string of the molecule is CCOC(=O)c1c(-c2ccc(C)c(C)c2)csc1NC(=O)CCc1cccc(Cl)c1. The molecule has 0 saturated carbocycles. The Hall–Kier alpha value is -2.63. The molecule has 0 atom stereocenters. The molecule has 4 nitrogen and oxygen atoms in total. The maximum atomic E-state index is 12.7. The molecule has 0 fully saturated rings. The van der Waals surface area contributed by atoms with E-state index in [0.29, 0.717) is 28.4 Å². The van der Waals surface area contributed by atoms with Gasteiger partial charge in [-0.1, -0.05) is 41.9 Å². The fourth-order valence-corrected chi connectivity index (χ4v) is 4.30. The molecule has 30 heavy (non-hydrogen) atoms. The van der Waals surface area contributed by atoms with Gasteiger partial charge in [-0.25, -0.2) is 4.79 Å². The summed E-state index contributed by atoms with van der Waals surface area (Å²) >= 11 is 7.34. The fraction of sp³-hybridized carbons (Fsp3) is 0.250.